The van der Waals surface area contributed by atoms with Crippen molar-refractivity contribution in [1.82, 2.24) is 9.80 Å². The molecule has 0 radical (unpaired) electrons. The quantitative estimate of drug-likeness (QED) is 0.297. The van der Waals surface area contributed by atoms with Crippen molar-refractivity contribution in [3.05, 3.63) is 119 Å². The van der Waals surface area contributed by atoms with Crippen LogP contribution in [0.3, 0.4) is 0 Å². The number of carboxylic acids is 2. The van der Waals surface area contributed by atoms with Crippen LogP contribution in [0.15, 0.2) is 91.0 Å². The lowest BCUT2D eigenvalue weighted by Gasteiger charge is -2.35. The van der Waals surface area contributed by atoms with Crippen LogP contribution in [0.25, 0.3) is 0 Å². The average molecular weight is 567 g/mol. The Balaban J connectivity index is 0.000000507. The third-order valence-electron chi connectivity index (χ3n) is 6.65. The van der Waals surface area contributed by atoms with Gasteiger partial charge in [-0.15, -0.1) is 0 Å². The van der Waals surface area contributed by atoms with Crippen molar-refractivity contribution in [3.63, 3.8) is 0 Å². The van der Waals surface area contributed by atoms with Gasteiger partial charge in [0.2, 0.25) is 0 Å². The summed E-state index contributed by atoms with van der Waals surface area (Å²) in [6, 6.07) is 23.3. The minimum absolute atomic E-state index is 0.279. The lowest BCUT2D eigenvalue weighted by molar-refractivity contribution is -0.134. The van der Waals surface area contributed by atoms with Gasteiger partial charge in [-0.05, 0) is 60.3 Å². The van der Waals surface area contributed by atoms with Gasteiger partial charge in [-0.2, -0.15) is 0 Å². The summed E-state index contributed by atoms with van der Waals surface area (Å²) in [7, 11) is 0. The number of carbonyl (C=O) groups is 2. The second-order valence-electron chi connectivity index (χ2n) is 9.64. The van der Waals surface area contributed by atoms with Gasteiger partial charge < -0.3 is 19.8 Å². The number of rotatable bonds is 12. The maximum Gasteiger partial charge on any atom is 0.328 e. The van der Waals surface area contributed by atoms with Crippen molar-refractivity contribution < 1.29 is 33.3 Å². The molecule has 0 aromatic heterocycles. The summed E-state index contributed by atoms with van der Waals surface area (Å²) in [4.78, 5) is 24.1. The van der Waals surface area contributed by atoms with E-state index in [1.165, 1.54) is 36.2 Å². The van der Waals surface area contributed by atoms with E-state index in [0.717, 1.165) is 56.8 Å². The molecule has 0 aliphatic carbocycles. The molecule has 0 spiro atoms. The van der Waals surface area contributed by atoms with E-state index < -0.39 is 11.9 Å². The Morgan fingerprint density at radius 2 is 1.20 bits per heavy atom. The fourth-order valence-electron chi connectivity index (χ4n) is 4.49. The van der Waals surface area contributed by atoms with Gasteiger partial charge in [0.05, 0.1) is 6.61 Å². The van der Waals surface area contributed by atoms with Gasteiger partial charge in [0.25, 0.3) is 0 Å². The molecule has 2 N–H and O–H groups in total. The van der Waals surface area contributed by atoms with Crippen LogP contribution in [-0.4, -0.2) is 77.8 Å². The summed E-state index contributed by atoms with van der Waals surface area (Å²) in [5.41, 5.74) is 3.14. The van der Waals surface area contributed by atoms with Crippen molar-refractivity contribution in [2.45, 2.75) is 18.9 Å². The van der Waals surface area contributed by atoms with Gasteiger partial charge in [0, 0.05) is 44.9 Å². The number of ether oxygens (including phenoxy) is 1. The Labute approximate surface area is 239 Å². The predicted molar refractivity (Wildman–Crippen MR) is 153 cm³/mol. The van der Waals surface area contributed by atoms with Crippen LogP contribution >= 0.6 is 0 Å². The molecule has 1 fully saturated rings. The fourth-order valence-corrected chi connectivity index (χ4v) is 4.49. The molecule has 7 nitrogen and oxygen atoms in total. The Hall–Kier alpha value is -3.92. The van der Waals surface area contributed by atoms with Gasteiger partial charge >= 0.3 is 11.9 Å². The van der Waals surface area contributed by atoms with Gasteiger partial charge in [-0.25, -0.2) is 18.4 Å². The Bertz CT molecular complexity index is 1170. The normalized spacial score (nSPS) is 14.1. The standard InChI is InChI=1S/C28H32F2N2O.C4H4O4/c29-26-12-8-24(9-13-26)28(25-10-14-27(30)15-11-25)33-22-21-32-19-17-31(18-20-32)16-4-7-23-5-2-1-3-6-23;5-3(6)1-2-4(7)8/h1-3,5-6,8-15,28H,4,7,16-22H2;1-2H,(H,5,6)(H,7,8)/b;2-1-. The van der Waals surface area contributed by atoms with Gasteiger partial charge in [-0.1, -0.05) is 54.6 Å². The summed E-state index contributed by atoms with van der Waals surface area (Å²) in [5, 5.41) is 15.6. The highest BCUT2D eigenvalue weighted by atomic mass is 19.1. The molecule has 3 aromatic carbocycles. The Morgan fingerprint density at radius 3 is 1.66 bits per heavy atom. The zero-order valence-corrected chi connectivity index (χ0v) is 22.9. The van der Waals surface area contributed by atoms with Gasteiger partial charge in [0.15, 0.2) is 0 Å². The van der Waals surface area contributed by atoms with Crippen LogP contribution in [0.2, 0.25) is 0 Å². The first-order valence-electron chi connectivity index (χ1n) is 13.6. The van der Waals surface area contributed by atoms with E-state index in [1.807, 2.05) is 0 Å². The van der Waals surface area contributed by atoms with Gasteiger partial charge in [0.1, 0.15) is 17.7 Å². The number of aryl methyl sites for hydroxylation is 1. The zero-order valence-electron chi connectivity index (χ0n) is 22.9. The van der Waals surface area contributed by atoms with Crippen molar-refractivity contribution in [2.75, 3.05) is 45.9 Å². The van der Waals surface area contributed by atoms with Gasteiger partial charge in [-0.3, -0.25) is 4.90 Å². The molecule has 218 valence electrons. The molecule has 1 aliphatic heterocycles. The molecular formula is C32H36F2N2O5. The lowest BCUT2D eigenvalue weighted by atomic mass is 10.0. The second kappa shape index (κ2) is 17.0. The van der Waals surface area contributed by atoms with Crippen LogP contribution in [0.4, 0.5) is 8.78 Å². The highest BCUT2D eigenvalue weighted by Gasteiger charge is 2.19. The smallest absolute Gasteiger partial charge is 0.328 e. The average Bonchev–Trinajstić information content (AvgIpc) is 2.97. The van der Waals surface area contributed by atoms with E-state index >= 15 is 0 Å². The third kappa shape index (κ3) is 12.0. The van der Waals surface area contributed by atoms with Crippen LogP contribution < -0.4 is 0 Å². The zero-order chi connectivity index (χ0) is 29.5. The summed E-state index contributed by atoms with van der Waals surface area (Å²) < 4.78 is 33.0. The molecule has 0 amide bonds. The predicted octanol–water partition coefficient (Wildman–Crippen LogP) is 5.03. The van der Waals surface area contributed by atoms with Crippen LogP contribution in [0, 0.1) is 11.6 Å². The molecule has 0 bridgehead atoms. The summed E-state index contributed by atoms with van der Waals surface area (Å²) in [6.45, 7) is 6.77. The number of aliphatic carboxylic acids is 2. The minimum Gasteiger partial charge on any atom is -0.478 e. The first kappa shape index (κ1) is 31.6. The Morgan fingerprint density at radius 1 is 0.732 bits per heavy atom. The lowest BCUT2D eigenvalue weighted by Crippen LogP contribution is -2.47. The van der Waals surface area contributed by atoms with Crippen molar-refractivity contribution in [1.29, 1.82) is 0 Å². The molecule has 4 rings (SSSR count). The summed E-state index contributed by atoms with van der Waals surface area (Å²) >= 11 is 0. The summed E-state index contributed by atoms with van der Waals surface area (Å²) in [5.74, 6) is -3.07. The molecular weight excluding hydrogens is 530 g/mol. The van der Waals surface area contributed by atoms with Crippen LogP contribution in [0.5, 0.6) is 0 Å². The molecule has 1 saturated heterocycles. The van der Waals surface area contributed by atoms with Crippen LogP contribution in [-0.2, 0) is 20.7 Å². The number of carboxylic acid groups (broad SMARTS) is 2. The molecule has 0 atom stereocenters. The first-order chi connectivity index (χ1) is 19.8. The molecule has 1 aliphatic rings. The Kier molecular flexibility index (Phi) is 13.1. The van der Waals surface area contributed by atoms with E-state index in [0.29, 0.717) is 18.8 Å². The van der Waals surface area contributed by atoms with Crippen molar-refractivity contribution >= 4 is 11.9 Å². The molecule has 0 unspecified atom stereocenters. The highest BCUT2D eigenvalue weighted by Crippen LogP contribution is 2.26. The third-order valence-corrected chi connectivity index (χ3v) is 6.65. The first-order valence-corrected chi connectivity index (χ1v) is 13.6. The number of halogens is 2. The maximum atomic E-state index is 13.4. The maximum absolute atomic E-state index is 13.4. The largest absolute Gasteiger partial charge is 0.478 e. The van der Waals surface area contributed by atoms with Crippen molar-refractivity contribution in [3.8, 4) is 0 Å². The number of hydrogen-bond donors (Lipinski definition) is 2. The minimum atomic E-state index is -1.26. The number of benzene rings is 3. The fraction of sp³-hybridized carbons (Fsp3) is 0.312. The number of piperazine rings is 1. The van der Waals surface area contributed by atoms with E-state index in [1.54, 1.807) is 24.3 Å². The molecule has 9 heteroatoms. The number of hydrogen-bond acceptors (Lipinski definition) is 5. The monoisotopic (exact) mass is 566 g/mol. The van der Waals surface area contributed by atoms with Crippen LogP contribution in [0.1, 0.15) is 29.2 Å². The highest BCUT2D eigenvalue weighted by molar-refractivity contribution is 5.89. The summed E-state index contributed by atoms with van der Waals surface area (Å²) in [6.07, 6.45) is 3.09. The molecule has 41 heavy (non-hydrogen) atoms. The topological polar surface area (TPSA) is 90.3 Å². The molecule has 3 aromatic rings. The molecule has 1 heterocycles. The second-order valence-corrected chi connectivity index (χ2v) is 9.64. The number of nitrogens with zero attached hydrogens (tertiary/aromatic N) is 2. The SMILES string of the molecule is Fc1ccc(C(OCCN2CCN(CCCc3ccccc3)CC2)c2ccc(F)cc2)cc1.O=C(O)/C=C\C(=O)O. The van der Waals surface area contributed by atoms with E-state index in [2.05, 4.69) is 40.1 Å². The van der Waals surface area contributed by atoms with E-state index in [4.69, 9.17) is 14.9 Å². The van der Waals surface area contributed by atoms with E-state index in [9.17, 15) is 18.4 Å². The van der Waals surface area contributed by atoms with E-state index in [-0.39, 0.29) is 17.7 Å². The molecule has 0 saturated carbocycles. The van der Waals surface area contributed by atoms with Crippen molar-refractivity contribution in [2.24, 2.45) is 0 Å².